The minimum absolute atomic E-state index is 0.0902. The molecule has 30 heavy (non-hydrogen) atoms. The molecule has 12 heteroatoms. The summed E-state index contributed by atoms with van der Waals surface area (Å²) in [5, 5.41) is 5.72. The predicted octanol–water partition coefficient (Wildman–Crippen LogP) is 1.40. The summed E-state index contributed by atoms with van der Waals surface area (Å²) < 4.78 is 13.2. The fourth-order valence-corrected chi connectivity index (χ4v) is 3.97. The number of fused-ring (bicyclic) bond motifs is 1. The third kappa shape index (κ3) is 4.71. The van der Waals surface area contributed by atoms with Crippen molar-refractivity contribution >= 4 is 53.7 Å². The van der Waals surface area contributed by atoms with E-state index in [9.17, 15) is 19.2 Å². The number of amides is 2. The molecule has 2 N–H and O–H groups in total. The first-order valence-corrected chi connectivity index (χ1v) is 10.1. The fraction of sp³-hybridized carbons (Fsp3) is 0.444. The van der Waals surface area contributed by atoms with Crippen LogP contribution in [0.2, 0.25) is 10.0 Å². The lowest BCUT2D eigenvalue weighted by Crippen LogP contribution is -2.62. The van der Waals surface area contributed by atoms with Crippen molar-refractivity contribution in [2.24, 2.45) is 5.92 Å². The van der Waals surface area contributed by atoms with Gasteiger partial charge in [-0.25, -0.2) is 9.59 Å². The van der Waals surface area contributed by atoms with Crippen LogP contribution >= 0.6 is 23.2 Å². The monoisotopic (exact) mass is 458 g/mol. The van der Waals surface area contributed by atoms with E-state index in [2.05, 4.69) is 14.9 Å². The van der Waals surface area contributed by atoms with Crippen molar-refractivity contribution in [2.75, 3.05) is 19.8 Å². The van der Waals surface area contributed by atoms with Crippen LogP contribution in [0.1, 0.15) is 30.6 Å². The minimum Gasteiger partial charge on any atom is -0.581 e. The van der Waals surface area contributed by atoms with Gasteiger partial charge in [-0.2, -0.15) is 0 Å². The molecule has 0 saturated carbocycles. The molecule has 2 aliphatic rings. The van der Waals surface area contributed by atoms with Crippen LogP contribution in [0.25, 0.3) is 0 Å². The van der Waals surface area contributed by atoms with Gasteiger partial charge in [-0.3, -0.25) is 9.59 Å². The predicted molar refractivity (Wildman–Crippen MR) is 109 cm³/mol. The normalized spacial score (nSPS) is 18.6. The summed E-state index contributed by atoms with van der Waals surface area (Å²) in [7, 11) is 0. The third-order valence-electron chi connectivity index (χ3n) is 4.81. The Bertz CT molecular complexity index is 875. The van der Waals surface area contributed by atoms with Gasteiger partial charge in [-0.15, -0.1) is 0 Å². The van der Waals surface area contributed by atoms with Crippen molar-refractivity contribution < 1.29 is 32.8 Å². The Morgan fingerprint density at radius 2 is 1.80 bits per heavy atom. The number of hydrogen-bond acceptors (Lipinski definition) is 6. The zero-order valence-electron chi connectivity index (χ0n) is 16.4. The third-order valence-corrected chi connectivity index (χ3v) is 5.37. The standard InChI is InChI=1S/C18H21BCl2N2O7/c1-10(2)5-14(19-28-16(25)8-30(19)9-17(26)29-19)23-15(24)7-22-18(27)12-6-11(20)3-4-13(12)21/h3-4,6,10,14H,5,7-9H2,1-2H3,(H,22,27)(H,23,24)/t14-/m0/s1. The van der Waals surface area contributed by atoms with Crippen LogP contribution in [0.15, 0.2) is 18.2 Å². The van der Waals surface area contributed by atoms with Gasteiger partial charge in [0.25, 0.3) is 5.91 Å². The van der Waals surface area contributed by atoms with Gasteiger partial charge in [-0.1, -0.05) is 37.0 Å². The molecule has 0 aromatic heterocycles. The lowest BCUT2D eigenvalue weighted by atomic mass is 9.65. The second kappa shape index (κ2) is 8.83. The molecule has 0 radical (unpaired) electrons. The van der Waals surface area contributed by atoms with E-state index < -0.39 is 36.4 Å². The van der Waals surface area contributed by atoms with E-state index in [1.807, 2.05) is 13.8 Å². The lowest BCUT2D eigenvalue weighted by Gasteiger charge is -2.36. The molecule has 2 amide bonds. The smallest absolute Gasteiger partial charge is 0.581 e. The molecule has 3 rings (SSSR count). The number of halogens is 2. The quantitative estimate of drug-likeness (QED) is 0.471. The number of rotatable bonds is 7. The summed E-state index contributed by atoms with van der Waals surface area (Å²) in [5.74, 6) is -2.93. The van der Waals surface area contributed by atoms with Crippen LogP contribution in [0.5, 0.6) is 0 Å². The van der Waals surface area contributed by atoms with E-state index in [0.29, 0.717) is 11.4 Å². The molecule has 9 nitrogen and oxygen atoms in total. The van der Waals surface area contributed by atoms with Crippen LogP contribution in [0.3, 0.4) is 0 Å². The zero-order valence-corrected chi connectivity index (χ0v) is 17.9. The molecule has 2 saturated heterocycles. The van der Waals surface area contributed by atoms with Crippen molar-refractivity contribution in [3.05, 3.63) is 33.8 Å². The Hall–Kier alpha value is -2.30. The number of benzene rings is 1. The van der Waals surface area contributed by atoms with Gasteiger partial charge >= 0.3 is 18.7 Å². The molecule has 0 spiro atoms. The van der Waals surface area contributed by atoms with E-state index in [4.69, 9.17) is 32.5 Å². The molecule has 1 atom stereocenters. The summed E-state index contributed by atoms with van der Waals surface area (Å²) in [4.78, 5) is 48.5. The highest BCUT2D eigenvalue weighted by Crippen LogP contribution is 2.35. The second-order valence-electron chi connectivity index (χ2n) is 7.61. The number of hydrogen-bond donors (Lipinski definition) is 2. The van der Waals surface area contributed by atoms with Gasteiger partial charge in [0.2, 0.25) is 5.91 Å². The van der Waals surface area contributed by atoms with E-state index in [0.717, 1.165) is 0 Å². The molecule has 2 fully saturated rings. The first-order chi connectivity index (χ1) is 14.1. The Labute approximate surface area is 183 Å². The van der Waals surface area contributed by atoms with Crippen LogP contribution in [-0.2, 0) is 28.0 Å². The average molecular weight is 459 g/mol. The van der Waals surface area contributed by atoms with Gasteiger partial charge in [0.05, 0.1) is 23.1 Å². The summed E-state index contributed by atoms with van der Waals surface area (Å²) in [5.41, 5.74) is 0.134. The van der Waals surface area contributed by atoms with Crippen molar-refractivity contribution in [2.45, 2.75) is 26.2 Å². The van der Waals surface area contributed by atoms with Crippen LogP contribution in [0, 0.1) is 5.92 Å². The molecule has 0 bridgehead atoms. The minimum atomic E-state index is -2.56. The molecule has 1 aromatic carbocycles. The number of carbonyl (C=O) groups excluding carboxylic acids is 4. The lowest BCUT2D eigenvalue weighted by molar-refractivity contribution is -0.141. The first kappa shape index (κ1) is 22.4. The molecule has 2 heterocycles. The maximum Gasteiger partial charge on any atom is 0.706 e. The Morgan fingerprint density at radius 1 is 1.17 bits per heavy atom. The molecule has 0 aliphatic carbocycles. The molecule has 0 unspecified atom stereocenters. The number of nitrogens with one attached hydrogen (secondary N) is 2. The van der Waals surface area contributed by atoms with Gasteiger partial charge in [0.15, 0.2) is 13.2 Å². The summed E-state index contributed by atoms with van der Waals surface area (Å²) in [6, 6.07) is 4.42. The van der Waals surface area contributed by atoms with E-state index >= 15 is 0 Å². The molecule has 1 aromatic rings. The summed E-state index contributed by atoms with van der Waals surface area (Å²) >= 11 is 11.9. The first-order valence-electron chi connectivity index (χ1n) is 9.38. The van der Waals surface area contributed by atoms with E-state index in [-0.39, 0.29) is 36.3 Å². The van der Waals surface area contributed by atoms with Crippen molar-refractivity contribution in [3.63, 3.8) is 0 Å². The molecular weight excluding hydrogens is 438 g/mol. The van der Waals surface area contributed by atoms with Crippen LogP contribution < -0.4 is 10.6 Å². The zero-order chi connectivity index (χ0) is 22.1. The largest absolute Gasteiger partial charge is 0.706 e. The maximum atomic E-state index is 12.5. The van der Waals surface area contributed by atoms with Crippen LogP contribution in [-0.4, -0.2) is 56.2 Å². The molecular formula is C18H21BCl2N2O7. The molecule has 162 valence electrons. The second-order valence-corrected chi connectivity index (χ2v) is 8.46. The van der Waals surface area contributed by atoms with E-state index in [1.165, 1.54) is 12.1 Å². The topological polar surface area (TPSA) is 114 Å². The van der Waals surface area contributed by atoms with Crippen molar-refractivity contribution in [3.8, 4) is 0 Å². The summed E-state index contributed by atoms with van der Waals surface area (Å²) in [6.45, 7) is 0.567. The van der Waals surface area contributed by atoms with Crippen molar-refractivity contribution in [1.29, 1.82) is 0 Å². The summed E-state index contributed by atoms with van der Waals surface area (Å²) in [6.07, 6.45) is 0.379. The van der Waals surface area contributed by atoms with E-state index in [1.54, 1.807) is 6.07 Å². The highest BCUT2D eigenvalue weighted by Gasteiger charge is 2.67. The Morgan fingerprint density at radius 3 is 2.40 bits per heavy atom. The SMILES string of the molecule is CC(C)C[C@H](NC(=O)CNC(=O)c1cc(Cl)ccc1Cl)[B-]12OC(=O)C[O+]1CC(=O)O2. The average Bonchev–Trinajstić information content (AvgIpc) is 3.12. The van der Waals surface area contributed by atoms with Crippen molar-refractivity contribution in [1.82, 2.24) is 10.6 Å². The van der Waals surface area contributed by atoms with Crippen LogP contribution in [0.4, 0.5) is 0 Å². The fourth-order valence-electron chi connectivity index (χ4n) is 3.60. The molecule has 2 aliphatic heterocycles. The number of carbonyl (C=O) groups is 4. The highest BCUT2D eigenvalue weighted by atomic mass is 35.5. The Kier molecular flexibility index (Phi) is 6.59. The maximum absolute atomic E-state index is 12.5. The van der Waals surface area contributed by atoms with Gasteiger partial charge in [0.1, 0.15) is 0 Å². The highest BCUT2D eigenvalue weighted by molar-refractivity contribution is 6.69. The van der Waals surface area contributed by atoms with Gasteiger partial charge in [0, 0.05) is 5.02 Å². The van der Waals surface area contributed by atoms with Gasteiger partial charge in [-0.05, 0) is 30.5 Å². The van der Waals surface area contributed by atoms with Gasteiger partial charge < -0.3 is 24.2 Å². The Balaban J connectivity index is 1.69.